The third kappa shape index (κ3) is 8.85. The van der Waals surface area contributed by atoms with E-state index in [0.717, 1.165) is 5.69 Å². The van der Waals surface area contributed by atoms with Crippen LogP contribution in [0, 0.1) is 0 Å². The first-order valence-electron chi connectivity index (χ1n) is 8.91. The van der Waals surface area contributed by atoms with E-state index in [1.165, 1.54) is 0 Å². The van der Waals surface area contributed by atoms with Gasteiger partial charge in [0.05, 0.1) is 14.2 Å². The molecule has 0 heterocycles. The third-order valence-corrected chi connectivity index (χ3v) is 3.58. The summed E-state index contributed by atoms with van der Waals surface area (Å²) in [7, 11) is 4.86. The van der Waals surface area contributed by atoms with Crippen molar-refractivity contribution in [2.24, 2.45) is 4.99 Å². The molecule has 1 aromatic carbocycles. The van der Waals surface area contributed by atoms with Gasteiger partial charge in [-0.2, -0.15) is 0 Å². The fraction of sp³-hybridized carbons (Fsp3) is 0.579. The lowest BCUT2D eigenvalue weighted by Gasteiger charge is -2.26. The number of ether oxygens (including phenoxy) is 3. The number of nitrogens with one attached hydrogen (secondary N) is 2. The van der Waals surface area contributed by atoms with E-state index in [1.54, 1.807) is 26.2 Å². The maximum absolute atomic E-state index is 12.2. The van der Waals surface area contributed by atoms with Crippen LogP contribution in [0.15, 0.2) is 23.2 Å². The smallest absolute Gasteiger partial charge is 0.410 e. The second-order valence-electron chi connectivity index (χ2n) is 6.75. The van der Waals surface area contributed by atoms with Gasteiger partial charge in [-0.3, -0.25) is 4.99 Å². The molecule has 0 unspecified atom stereocenters. The minimum Gasteiger partial charge on any atom is -0.493 e. The number of halogens is 1. The Labute approximate surface area is 185 Å². The van der Waals surface area contributed by atoms with Crippen molar-refractivity contribution in [3.63, 3.8) is 0 Å². The van der Waals surface area contributed by atoms with Gasteiger partial charge >= 0.3 is 6.09 Å². The molecular formula is C19H33IN4O4. The maximum atomic E-state index is 12.2. The number of rotatable bonds is 7. The van der Waals surface area contributed by atoms with Crippen LogP contribution < -0.4 is 20.1 Å². The summed E-state index contributed by atoms with van der Waals surface area (Å²) in [6, 6.07) is 5.51. The van der Waals surface area contributed by atoms with Crippen molar-refractivity contribution in [2.45, 2.75) is 33.3 Å². The Balaban J connectivity index is 0.00000729. The van der Waals surface area contributed by atoms with Gasteiger partial charge in [-0.1, -0.05) is 0 Å². The summed E-state index contributed by atoms with van der Waals surface area (Å²) in [4.78, 5) is 18.0. The highest BCUT2D eigenvalue weighted by Crippen LogP contribution is 2.29. The molecule has 0 fully saturated rings. The summed E-state index contributed by atoms with van der Waals surface area (Å²) in [5, 5.41) is 6.37. The molecule has 160 valence electrons. The second kappa shape index (κ2) is 12.5. The van der Waals surface area contributed by atoms with E-state index in [9.17, 15) is 4.79 Å². The number of benzene rings is 1. The Morgan fingerprint density at radius 2 is 1.82 bits per heavy atom. The molecule has 0 atom stereocenters. The van der Waals surface area contributed by atoms with Crippen LogP contribution in [0.3, 0.4) is 0 Å². The molecule has 0 aliphatic rings. The summed E-state index contributed by atoms with van der Waals surface area (Å²) in [6.07, 6.45) is -0.324. The summed E-state index contributed by atoms with van der Waals surface area (Å²) in [6.45, 7) is 9.07. The van der Waals surface area contributed by atoms with Crippen LogP contribution in [-0.4, -0.2) is 63.5 Å². The molecular weight excluding hydrogens is 475 g/mol. The van der Waals surface area contributed by atoms with Gasteiger partial charge in [0.15, 0.2) is 17.5 Å². The quantitative estimate of drug-likeness (QED) is 0.333. The molecule has 0 aromatic heterocycles. The Kier molecular flexibility index (Phi) is 11.7. The van der Waals surface area contributed by atoms with Gasteiger partial charge in [0.25, 0.3) is 0 Å². The van der Waals surface area contributed by atoms with Crippen molar-refractivity contribution < 1.29 is 19.0 Å². The van der Waals surface area contributed by atoms with Crippen molar-refractivity contribution in [3.8, 4) is 11.5 Å². The molecule has 1 amide bonds. The van der Waals surface area contributed by atoms with E-state index < -0.39 is 5.60 Å². The highest BCUT2D eigenvalue weighted by Gasteiger charge is 2.20. The number of hydrogen-bond donors (Lipinski definition) is 2. The first-order valence-corrected chi connectivity index (χ1v) is 8.91. The molecule has 1 rings (SSSR count). The molecule has 0 saturated carbocycles. The first kappa shape index (κ1) is 26.1. The number of nitrogens with zero attached hydrogens (tertiary/aromatic N) is 2. The highest BCUT2D eigenvalue weighted by molar-refractivity contribution is 14.0. The molecule has 0 aliphatic heterocycles. The molecule has 9 heteroatoms. The molecule has 0 spiro atoms. The zero-order valence-electron chi connectivity index (χ0n) is 17.8. The number of carbonyl (C=O) groups excluding carboxylic acids is 1. The highest BCUT2D eigenvalue weighted by atomic mass is 127. The van der Waals surface area contributed by atoms with E-state index in [1.807, 2.05) is 45.9 Å². The molecule has 0 radical (unpaired) electrons. The van der Waals surface area contributed by atoms with E-state index in [2.05, 4.69) is 15.6 Å². The van der Waals surface area contributed by atoms with Gasteiger partial charge in [0.1, 0.15) is 5.60 Å². The third-order valence-electron chi connectivity index (χ3n) is 3.58. The minimum absolute atomic E-state index is 0. The molecule has 0 aliphatic carbocycles. The van der Waals surface area contributed by atoms with Crippen LogP contribution in [-0.2, 0) is 4.74 Å². The molecule has 28 heavy (non-hydrogen) atoms. The first-order chi connectivity index (χ1) is 12.7. The molecule has 0 saturated heterocycles. The summed E-state index contributed by atoms with van der Waals surface area (Å²) < 4.78 is 15.9. The van der Waals surface area contributed by atoms with Gasteiger partial charge in [-0.05, 0) is 39.8 Å². The van der Waals surface area contributed by atoms with Crippen LogP contribution in [0.25, 0.3) is 0 Å². The molecule has 8 nitrogen and oxygen atoms in total. The number of amides is 1. The van der Waals surface area contributed by atoms with Crippen LogP contribution in [0.5, 0.6) is 11.5 Å². The van der Waals surface area contributed by atoms with Crippen LogP contribution >= 0.6 is 24.0 Å². The average molecular weight is 508 g/mol. The van der Waals surface area contributed by atoms with Gasteiger partial charge in [-0.15, -0.1) is 24.0 Å². The molecule has 2 N–H and O–H groups in total. The minimum atomic E-state index is -0.511. The Morgan fingerprint density at radius 1 is 1.18 bits per heavy atom. The maximum Gasteiger partial charge on any atom is 0.410 e. The summed E-state index contributed by atoms with van der Waals surface area (Å²) in [5.74, 6) is 1.87. The average Bonchev–Trinajstić information content (AvgIpc) is 2.62. The second-order valence-corrected chi connectivity index (χ2v) is 6.75. The van der Waals surface area contributed by atoms with E-state index in [4.69, 9.17) is 14.2 Å². The lowest BCUT2D eigenvalue weighted by molar-refractivity contribution is 0.0264. The molecule has 1 aromatic rings. The lowest BCUT2D eigenvalue weighted by Crippen LogP contribution is -2.42. The normalized spacial score (nSPS) is 11.2. The Morgan fingerprint density at radius 3 is 2.32 bits per heavy atom. The number of carbonyl (C=O) groups is 1. The number of methoxy groups -OCH3 is 2. The van der Waals surface area contributed by atoms with E-state index >= 15 is 0 Å². The monoisotopic (exact) mass is 508 g/mol. The fourth-order valence-corrected chi connectivity index (χ4v) is 2.24. The Bertz CT molecular complexity index is 647. The number of anilines is 1. The zero-order chi connectivity index (χ0) is 20.4. The largest absolute Gasteiger partial charge is 0.493 e. The van der Waals surface area contributed by atoms with Gasteiger partial charge < -0.3 is 29.7 Å². The van der Waals surface area contributed by atoms with Crippen molar-refractivity contribution >= 4 is 41.7 Å². The SMILES string of the molecule is CCN(CCNC(=NC)Nc1ccc(OC)c(OC)c1)C(=O)OC(C)(C)C.I. The fourth-order valence-electron chi connectivity index (χ4n) is 2.24. The zero-order valence-corrected chi connectivity index (χ0v) is 20.1. The number of likely N-dealkylation sites (N-methyl/N-ethyl adjacent to an activating group) is 1. The predicted molar refractivity (Wildman–Crippen MR) is 123 cm³/mol. The van der Waals surface area contributed by atoms with Crippen LogP contribution in [0.4, 0.5) is 10.5 Å². The summed E-state index contributed by atoms with van der Waals surface area (Å²) >= 11 is 0. The number of guanidine groups is 1. The van der Waals surface area contributed by atoms with Gasteiger partial charge in [0.2, 0.25) is 0 Å². The predicted octanol–water partition coefficient (Wildman–Crippen LogP) is 3.57. The van der Waals surface area contributed by atoms with Crippen LogP contribution in [0.2, 0.25) is 0 Å². The van der Waals surface area contributed by atoms with Crippen molar-refractivity contribution in [1.82, 2.24) is 10.2 Å². The van der Waals surface area contributed by atoms with Gasteiger partial charge in [0, 0.05) is 38.4 Å². The van der Waals surface area contributed by atoms with Crippen molar-refractivity contribution in [2.75, 3.05) is 46.2 Å². The van der Waals surface area contributed by atoms with E-state index in [-0.39, 0.29) is 30.1 Å². The van der Waals surface area contributed by atoms with Crippen molar-refractivity contribution in [3.05, 3.63) is 18.2 Å². The van der Waals surface area contributed by atoms with E-state index in [0.29, 0.717) is 37.1 Å². The van der Waals surface area contributed by atoms with Gasteiger partial charge in [-0.25, -0.2) is 4.79 Å². The van der Waals surface area contributed by atoms with Crippen molar-refractivity contribution in [1.29, 1.82) is 0 Å². The Hall–Kier alpha value is -1.91. The summed E-state index contributed by atoms with van der Waals surface area (Å²) in [5.41, 5.74) is 0.295. The topological polar surface area (TPSA) is 84.4 Å². The van der Waals surface area contributed by atoms with Crippen LogP contribution in [0.1, 0.15) is 27.7 Å². The number of hydrogen-bond acceptors (Lipinski definition) is 5. The number of aliphatic imine (C=N–C) groups is 1. The molecule has 0 bridgehead atoms. The lowest BCUT2D eigenvalue weighted by atomic mass is 10.2. The standard InChI is InChI=1S/C19H32N4O4.HI/c1-8-23(18(24)27-19(2,3)4)12-11-21-17(20-5)22-14-9-10-15(25-6)16(13-14)26-7;/h9-10,13H,8,11-12H2,1-7H3,(H2,20,21,22);1H.